The van der Waals surface area contributed by atoms with Gasteiger partial charge in [-0.1, -0.05) is 30.3 Å². The lowest BCUT2D eigenvalue weighted by Gasteiger charge is -2.26. The summed E-state index contributed by atoms with van der Waals surface area (Å²) >= 11 is 0. The van der Waals surface area contributed by atoms with Gasteiger partial charge in [0.05, 0.1) is 30.9 Å². The van der Waals surface area contributed by atoms with E-state index in [9.17, 15) is 24.6 Å². The van der Waals surface area contributed by atoms with Crippen LogP contribution in [0.25, 0.3) is 5.76 Å². The van der Waals surface area contributed by atoms with Crippen molar-refractivity contribution < 1.29 is 34.1 Å². The van der Waals surface area contributed by atoms with Gasteiger partial charge in [0.1, 0.15) is 17.3 Å². The normalized spacial score (nSPS) is 16.9. The number of aliphatic hydroxyl groups excluding tert-OH is 1. The molecule has 0 spiro atoms. The molecular weight excluding hydrogens is 450 g/mol. The zero-order chi connectivity index (χ0) is 25.1. The van der Waals surface area contributed by atoms with Crippen LogP contribution in [0.15, 0.2) is 78.4 Å². The maximum Gasteiger partial charge on any atom is 0.338 e. The fourth-order valence-electron chi connectivity index (χ4n) is 3.99. The first-order valence-corrected chi connectivity index (χ1v) is 10.9. The van der Waals surface area contributed by atoms with Crippen molar-refractivity contribution >= 4 is 29.1 Å². The van der Waals surface area contributed by atoms with Crippen LogP contribution in [0.3, 0.4) is 0 Å². The Morgan fingerprint density at radius 1 is 0.971 bits per heavy atom. The summed E-state index contributed by atoms with van der Waals surface area (Å²) in [5.41, 5.74) is 1.14. The number of methoxy groups -OCH3 is 1. The Morgan fingerprint density at radius 2 is 1.66 bits per heavy atom. The second-order valence-electron chi connectivity index (χ2n) is 7.76. The molecule has 0 saturated carbocycles. The monoisotopic (exact) mass is 473 g/mol. The SMILES string of the molecule is CCOC(=O)c1cccc(N2C(=O)C(=O)/C(=C(/O)c3cccc(OC)c3)C2c2ccc(O)cc2)c1. The molecule has 3 aromatic rings. The third kappa shape index (κ3) is 4.46. The van der Waals surface area contributed by atoms with Gasteiger partial charge in [0.15, 0.2) is 0 Å². The minimum absolute atomic E-state index is 0.00260. The lowest BCUT2D eigenvalue weighted by molar-refractivity contribution is -0.132. The van der Waals surface area contributed by atoms with Crippen molar-refractivity contribution in [2.75, 3.05) is 18.6 Å². The molecule has 8 heteroatoms. The van der Waals surface area contributed by atoms with Crippen LogP contribution in [0, 0.1) is 0 Å². The van der Waals surface area contributed by atoms with Crippen molar-refractivity contribution in [2.45, 2.75) is 13.0 Å². The summed E-state index contributed by atoms with van der Waals surface area (Å²) in [4.78, 5) is 40.0. The van der Waals surface area contributed by atoms with Gasteiger partial charge in [0.2, 0.25) is 0 Å². The van der Waals surface area contributed by atoms with Crippen LogP contribution >= 0.6 is 0 Å². The Morgan fingerprint density at radius 3 is 2.34 bits per heavy atom. The third-order valence-corrected chi connectivity index (χ3v) is 5.63. The summed E-state index contributed by atoms with van der Waals surface area (Å²) in [7, 11) is 1.48. The molecule has 1 unspecified atom stereocenters. The van der Waals surface area contributed by atoms with E-state index in [-0.39, 0.29) is 34.9 Å². The van der Waals surface area contributed by atoms with E-state index in [1.165, 1.54) is 30.2 Å². The number of amides is 1. The highest BCUT2D eigenvalue weighted by Crippen LogP contribution is 2.42. The number of phenols is 1. The van der Waals surface area contributed by atoms with Crippen LogP contribution in [0.2, 0.25) is 0 Å². The first kappa shape index (κ1) is 23.6. The Kier molecular flexibility index (Phi) is 6.55. The Bertz CT molecular complexity index is 1330. The molecule has 0 bridgehead atoms. The van der Waals surface area contributed by atoms with E-state index in [4.69, 9.17) is 9.47 Å². The largest absolute Gasteiger partial charge is 0.508 e. The number of rotatable bonds is 6. The van der Waals surface area contributed by atoms with Gasteiger partial charge in [-0.15, -0.1) is 0 Å². The van der Waals surface area contributed by atoms with Crippen molar-refractivity contribution in [1.82, 2.24) is 0 Å². The summed E-state index contributed by atoms with van der Waals surface area (Å²) in [6.07, 6.45) is 0. The van der Waals surface area contributed by atoms with E-state index < -0.39 is 23.7 Å². The highest BCUT2D eigenvalue weighted by Gasteiger charge is 2.47. The van der Waals surface area contributed by atoms with Crippen LogP contribution in [0.5, 0.6) is 11.5 Å². The van der Waals surface area contributed by atoms with Crippen molar-refractivity contribution in [3.8, 4) is 11.5 Å². The molecular formula is C27H23NO7. The van der Waals surface area contributed by atoms with Gasteiger partial charge in [-0.25, -0.2) is 4.79 Å². The lowest BCUT2D eigenvalue weighted by Crippen LogP contribution is -2.29. The summed E-state index contributed by atoms with van der Waals surface area (Å²) in [6, 6.07) is 17.6. The average Bonchev–Trinajstić information content (AvgIpc) is 3.14. The van der Waals surface area contributed by atoms with E-state index in [0.29, 0.717) is 16.9 Å². The predicted molar refractivity (Wildman–Crippen MR) is 128 cm³/mol. The number of hydrogen-bond donors (Lipinski definition) is 2. The number of aromatic hydroxyl groups is 1. The Labute approximate surface area is 201 Å². The lowest BCUT2D eigenvalue weighted by atomic mass is 9.95. The van der Waals surface area contributed by atoms with Crippen molar-refractivity contribution in [3.05, 3.63) is 95.1 Å². The second-order valence-corrected chi connectivity index (χ2v) is 7.76. The molecule has 3 aromatic carbocycles. The van der Waals surface area contributed by atoms with Gasteiger partial charge in [0, 0.05) is 11.3 Å². The van der Waals surface area contributed by atoms with Gasteiger partial charge in [-0.05, 0) is 55.0 Å². The van der Waals surface area contributed by atoms with Gasteiger partial charge in [0.25, 0.3) is 11.7 Å². The van der Waals surface area contributed by atoms with Gasteiger partial charge < -0.3 is 19.7 Å². The van der Waals surface area contributed by atoms with E-state index in [0.717, 1.165) is 0 Å². The molecule has 1 aliphatic rings. The zero-order valence-corrected chi connectivity index (χ0v) is 19.1. The highest BCUT2D eigenvalue weighted by atomic mass is 16.5. The molecule has 178 valence electrons. The topological polar surface area (TPSA) is 113 Å². The fraction of sp³-hybridized carbons (Fsp3) is 0.148. The number of hydrogen-bond acceptors (Lipinski definition) is 7. The molecule has 1 atom stereocenters. The number of ether oxygens (including phenoxy) is 2. The molecule has 35 heavy (non-hydrogen) atoms. The number of carbonyl (C=O) groups is 3. The van der Waals surface area contributed by atoms with Crippen LogP contribution in [0.1, 0.15) is 34.5 Å². The highest BCUT2D eigenvalue weighted by molar-refractivity contribution is 6.51. The van der Waals surface area contributed by atoms with Crippen molar-refractivity contribution in [2.24, 2.45) is 0 Å². The maximum absolute atomic E-state index is 13.3. The summed E-state index contributed by atoms with van der Waals surface area (Å²) < 4.78 is 10.3. The van der Waals surface area contributed by atoms with E-state index >= 15 is 0 Å². The van der Waals surface area contributed by atoms with E-state index in [2.05, 4.69) is 0 Å². The molecule has 1 amide bonds. The van der Waals surface area contributed by atoms with Gasteiger partial charge in [-0.2, -0.15) is 0 Å². The number of anilines is 1. The number of carbonyl (C=O) groups excluding carboxylic acids is 3. The second kappa shape index (κ2) is 9.72. The number of ketones is 1. The standard InChI is InChI=1S/C27H23NO7/c1-3-35-27(33)18-7-4-8-19(14-18)28-23(16-10-12-20(29)13-11-16)22(25(31)26(28)32)24(30)17-6-5-9-21(15-17)34-2/h4-15,23,29-30H,3H2,1-2H3/b24-22+. The predicted octanol–water partition coefficient (Wildman–Crippen LogP) is 4.20. The third-order valence-electron chi connectivity index (χ3n) is 5.63. The molecule has 0 radical (unpaired) electrons. The molecule has 8 nitrogen and oxygen atoms in total. The summed E-state index contributed by atoms with van der Waals surface area (Å²) in [5, 5.41) is 21.0. The number of benzene rings is 3. The number of nitrogens with zero attached hydrogens (tertiary/aromatic N) is 1. The van der Waals surface area contributed by atoms with Crippen molar-refractivity contribution in [3.63, 3.8) is 0 Å². The number of aliphatic hydroxyl groups is 1. The number of Topliss-reactive ketones (excluding diaryl/α,β-unsaturated/α-hetero) is 1. The number of esters is 1. The summed E-state index contributed by atoms with van der Waals surface area (Å²) in [5.74, 6) is -2.22. The Balaban J connectivity index is 1.91. The molecule has 1 saturated heterocycles. The fourth-order valence-corrected chi connectivity index (χ4v) is 3.99. The zero-order valence-electron chi connectivity index (χ0n) is 19.1. The molecule has 1 aliphatic heterocycles. The molecule has 0 aromatic heterocycles. The first-order chi connectivity index (χ1) is 16.8. The number of phenolic OH excluding ortho intramolecular Hbond substituents is 1. The van der Waals surface area contributed by atoms with Crippen LogP contribution in [-0.4, -0.2) is 41.6 Å². The average molecular weight is 473 g/mol. The van der Waals surface area contributed by atoms with Crippen molar-refractivity contribution in [1.29, 1.82) is 0 Å². The molecule has 0 aliphatic carbocycles. The first-order valence-electron chi connectivity index (χ1n) is 10.9. The smallest absolute Gasteiger partial charge is 0.338 e. The van der Waals surface area contributed by atoms with Crippen LogP contribution < -0.4 is 9.64 Å². The maximum atomic E-state index is 13.3. The van der Waals surface area contributed by atoms with Gasteiger partial charge >= 0.3 is 5.97 Å². The van der Waals surface area contributed by atoms with Crippen LogP contribution in [-0.2, 0) is 14.3 Å². The molecule has 4 rings (SSSR count). The minimum atomic E-state index is -1.01. The van der Waals surface area contributed by atoms with Crippen LogP contribution in [0.4, 0.5) is 5.69 Å². The minimum Gasteiger partial charge on any atom is -0.508 e. The quantitative estimate of drug-likeness (QED) is 0.239. The van der Waals surface area contributed by atoms with E-state index in [1.54, 1.807) is 61.5 Å². The Hall–Kier alpha value is -4.59. The summed E-state index contributed by atoms with van der Waals surface area (Å²) in [6.45, 7) is 1.87. The van der Waals surface area contributed by atoms with E-state index in [1.807, 2.05) is 0 Å². The molecule has 1 fully saturated rings. The molecule has 2 N–H and O–H groups in total. The van der Waals surface area contributed by atoms with Gasteiger partial charge in [-0.3, -0.25) is 14.5 Å². The molecule has 1 heterocycles.